The van der Waals surface area contributed by atoms with Gasteiger partial charge in [-0.15, -0.1) is 0 Å². The molecule has 1 atom stereocenters. The van der Waals surface area contributed by atoms with E-state index in [9.17, 15) is 9.50 Å². The van der Waals surface area contributed by atoms with Crippen LogP contribution < -0.4 is 0 Å². The predicted molar refractivity (Wildman–Crippen MR) is 71.0 cm³/mol. The average molecular weight is 244 g/mol. The molecule has 0 aliphatic rings. The van der Waals surface area contributed by atoms with Gasteiger partial charge in [0.05, 0.1) is 6.10 Å². The molecule has 0 saturated heterocycles. The molecule has 1 N–H and O–H groups in total. The molecule has 0 spiro atoms. The Labute approximate surface area is 107 Å². The van der Waals surface area contributed by atoms with E-state index in [-0.39, 0.29) is 5.82 Å². The van der Waals surface area contributed by atoms with Gasteiger partial charge in [-0.3, -0.25) is 0 Å². The molecule has 0 saturated carbocycles. The standard InChI is InChI=1S/C16H17FO/c1-11-4-3-5-15(12(11)2)16(18)10-13-6-8-14(17)9-7-13/h3-9,16,18H,10H2,1-2H3. The zero-order valence-electron chi connectivity index (χ0n) is 10.7. The van der Waals surface area contributed by atoms with E-state index in [4.69, 9.17) is 0 Å². The van der Waals surface area contributed by atoms with Gasteiger partial charge in [-0.2, -0.15) is 0 Å². The van der Waals surface area contributed by atoms with Crippen molar-refractivity contribution < 1.29 is 9.50 Å². The third-order valence-electron chi connectivity index (χ3n) is 3.35. The monoisotopic (exact) mass is 244 g/mol. The van der Waals surface area contributed by atoms with Crippen molar-refractivity contribution in [2.75, 3.05) is 0 Å². The van der Waals surface area contributed by atoms with E-state index in [0.29, 0.717) is 6.42 Å². The highest BCUT2D eigenvalue weighted by Gasteiger charge is 2.12. The van der Waals surface area contributed by atoms with E-state index in [0.717, 1.165) is 16.7 Å². The first-order chi connectivity index (χ1) is 8.58. The van der Waals surface area contributed by atoms with Crippen molar-refractivity contribution in [3.05, 3.63) is 70.5 Å². The quantitative estimate of drug-likeness (QED) is 0.872. The highest BCUT2D eigenvalue weighted by molar-refractivity contribution is 5.35. The number of aliphatic hydroxyl groups is 1. The third kappa shape index (κ3) is 2.77. The van der Waals surface area contributed by atoms with Crippen LogP contribution in [0.5, 0.6) is 0 Å². The summed E-state index contributed by atoms with van der Waals surface area (Å²) >= 11 is 0. The van der Waals surface area contributed by atoms with E-state index < -0.39 is 6.10 Å². The first-order valence-corrected chi connectivity index (χ1v) is 6.06. The molecule has 0 fully saturated rings. The van der Waals surface area contributed by atoms with Crippen molar-refractivity contribution in [3.63, 3.8) is 0 Å². The van der Waals surface area contributed by atoms with Gasteiger partial charge in [0.15, 0.2) is 0 Å². The number of rotatable bonds is 3. The van der Waals surface area contributed by atoms with Crippen LogP contribution in [0.2, 0.25) is 0 Å². The summed E-state index contributed by atoms with van der Waals surface area (Å²) < 4.78 is 12.8. The minimum Gasteiger partial charge on any atom is -0.388 e. The summed E-state index contributed by atoms with van der Waals surface area (Å²) in [5.41, 5.74) is 4.17. The van der Waals surface area contributed by atoms with Crippen LogP contribution in [0.25, 0.3) is 0 Å². The van der Waals surface area contributed by atoms with Crippen LogP contribution in [0.4, 0.5) is 4.39 Å². The number of aliphatic hydroxyl groups excluding tert-OH is 1. The van der Waals surface area contributed by atoms with E-state index in [2.05, 4.69) is 0 Å². The minimum atomic E-state index is -0.546. The smallest absolute Gasteiger partial charge is 0.123 e. The zero-order chi connectivity index (χ0) is 13.1. The van der Waals surface area contributed by atoms with Crippen LogP contribution in [0.3, 0.4) is 0 Å². The third-order valence-corrected chi connectivity index (χ3v) is 3.35. The molecule has 0 aromatic heterocycles. The number of aryl methyl sites for hydroxylation is 1. The van der Waals surface area contributed by atoms with Crippen molar-refractivity contribution in [3.8, 4) is 0 Å². The Balaban J connectivity index is 2.19. The van der Waals surface area contributed by atoms with E-state index >= 15 is 0 Å². The molecule has 0 aliphatic heterocycles. The Morgan fingerprint density at radius 3 is 2.39 bits per heavy atom. The fourth-order valence-corrected chi connectivity index (χ4v) is 2.09. The van der Waals surface area contributed by atoms with Gasteiger partial charge in [0.2, 0.25) is 0 Å². The minimum absolute atomic E-state index is 0.250. The highest BCUT2D eigenvalue weighted by atomic mass is 19.1. The summed E-state index contributed by atoms with van der Waals surface area (Å²) in [5, 5.41) is 10.3. The second kappa shape index (κ2) is 5.32. The molecule has 18 heavy (non-hydrogen) atoms. The fraction of sp³-hybridized carbons (Fsp3) is 0.250. The summed E-state index contributed by atoms with van der Waals surface area (Å²) in [6.45, 7) is 4.04. The van der Waals surface area contributed by atoms with Gasteiger partial charge < -0.3 is 5.11 Å². The summed E-state index contributed by atoms with van der Waals surface area (Å²) in [4.78, 5) is 0. The number of hydrogen-bond acceptors (Lipinski definition) is 1. The van der Waals surface area contributed by atoms with E-state index in [1.807, 2.05) is 32.0 Å². The van der Waals surface area contributed by atoms with Gasteiger partial charge in [-0.25, -0.2) is 4.39 Å². The predicted octanol–water partition coefficient (Wildman–Crippen LogP) is 3.72. The summed E-state index contributed by atoms with van der Waals surface area (Å²) in [6, 6.07) is 12.2. The molecule has 1 nitrogen and oxygen atoms in total. The van der Waals surface area contributed by atoms with Gasteiger partial charge >= 0.3 is 0 Å². The Morgan fingerprint density at radius 1 is 1.06 bits per heavy atom. The molecule has 0 heterocycles. The van der Waals surface area contributed by atoms with Gasteiger partial charge in [0, 0.05) is 6.42 Å². The Kier molecular flexibility index (Phi) is 3.78. The number of halogens is 1. The van der Waals surface area contributed by atoms with Crippen molar-refractivity contribution in [1.82, 2.24) is 0 Å². The largest absolute Gasteiger partial charge is 0.388 e. The lowest BCUT2D eigenvalue weighted by atomic mass is 9.95. The first kappa shape index (κ1) is 12.8. The van der Waals surface area contributed by atoms with Crippen LogP contribution in [0.1, 0.15) is 28.4 Å². The molecule has 2 aromatic carbocycles. The van der Waals surface area contributed by atoms with Crippen molar-refractivity contribution in [2.45, 2.75) is 26.4 Å². The molecule has 2 heteroatoms. The Hall–Kier alpha value is -1.67. The molecule has 1 unspecified atom stereocenters. The van der Waals surface area contributed by atoms with E-state index in [1.165, 1.54) is 17.7 Å². The zero-order valence-corrected chi connectivity index (χ0v) is 10.7. The molecule has 0 bridgehead atoms. The molecule has 0 aliphatic carbocycles. The lowest BCUT2D eigenvalue weighted by Gasteiger charge is -2.15. The van der Waals surface area contributed by atoms with E-state index in [1.54, 1.807) is 12.1 Å². The summed E-state index contributed by atoms with van der Waals surface area (Å²) in [6.07, 6.45) is -0.0414. The van der Waals surface area contributed by atoms with Crippen molar-refractivity contribution in [1.29, 1.82) is 0 Å². The van der Waals surface area contributed by atoms with Gasteiger partial charge in [0.25, 0.3) is 0 Å². The van der Waals surface area contributed by atoms with Crippen LogP contribution in [-0.2, 0) is 6.42 Å². The lowest BCUT2D eigenvalue weighted by Crippen LogP contribution is -2.04. The van der Waals surface area contributed by atoms with Crippen LogP contribution in [-0.4, -0.2) is 5.11 Å². The molecule has 2 rings (SSSR count). The second-order valence-electron chi connectivity index (χ2n) is 4.64. The first-order valence-electron chi connectivity index (χ1n) is 6.06. The van der Waals surface area contributed by atoms with Crippen LogP contribution >= 0.6 is 0 Å². The second-order valence-corrected chi connectivity index (χ2v) is 4.64. The van der Waals surface area contributed by atoms with Gasteiger partial charge in [-0.1, -0.05) is 30.3 Å². The lowest BCUT2D eigenvalue weighted by molar-refractivity contribution is 0.177. The number of benzene rings is 2. The fourth-order valence-electron chi connectivity index (χ4n) is 2.09. The Bertz CT molecular complexity index is 531. The topological polar surface area (TPSA) is 20.2 Å². The molecular weight excluding hydrogens is 227 g/mol. The molecule has 2 aromatic rings. The highest BCUT2D eigenvalue weighted by Crippen LogP contribution is 2.23. The maximum absolute atomic E-state index is 12.8. The summed E-state index contributed by atoms with van der Waals surface area (Å²) in [5.74, 6) is -0.250. The normalized spacial score (nSPS) is 12.4. The molecule has 0 amide bonds. The van der Waals surface area contributed by atoms with Crippen LogP contribution in [0, 0.1) is 19.7 Å². The van der Waals surface area contributed by atoms with Gasteiger partial charge in [-0.05, 0) is 48.2 Å². The molecule has 94 valence electrons. The number of hydrogen-bond donors (Lipinski definition) is 1. The average Bonchev–Trinajstić information content (AvgIpc) is 2.35. The maximum Gasteiger partial charge on any atom is 0.123 e. The summed E-state index contributed by atoms with van der Waals surface area (Å²) in [7, 11) is 0. The maximum atomic E-state index is 12.8. The molecule has 0 radical (unpaired) electrons. The SMILES string of the molecule is Cc1cccc(C(O)Cc2ccc(F)cc2)c1C. The Morgan fingerprint density at radius 2 is 1.72 bits per heavy atom. The molecular formula is C16H17FO. The van der Waals surface area contributed by atoms with Crippen molar-refractivity contribution in [2.24, 2.45) is 0 Å². The van der Waals surface area contributed by atoms with Crippen molar-refractivity contribution >= 4 is 0 Å². The van der Waals surface area contributed by atoms with Gasteiger partial charge in [0.1, 0.15) is 5.82 Å². The van der Waals surface area contributed by atoms with Crippen LogP contribution in [0.15, 0.2) is 42.5 Å².